The molecule has 84 valence electrons. The lowest BCUT2D eigenvalue weighted by molar-refractivity contribution is 0.482. The molecule has 0 aliphatic rings. The van der Waals surface area contributed by atoms with E-state index in [1.54, 1.807) is 0 Å². The molecule has 0 bridgehead atoms. The minimum atomic E-state index is 0.294. The summed E-state index contributed by atoms with van der Waals surface area (Å²) in [7, 11) is 0. The number of hydrogen-bond donors (Lipinski definition) is 1. The SMILES string of the molecule is C=CCC(C)NC(C)c1ccc(C#N)cc1. The molecule has 0 saturated carbocycles. The number of benzene rings is 1. The van der Waals surface area contributed by atoms with Gasteiger partial charge in [0.05, 0.1) is 11.6 Å². The maximum Gasteiger partial charge on any atom is 0.0991 e. The molecule has 1 N–H and O–H groups in total. The Morgan fingerprint density at radius 2 is 2.00 bits per heavy atom. The van der Waals surface area contributed by atoms with Gasteiger partial charge >= 0.3 is 0 Å². The maximum absolute atomic E-state index is 8.71. The quantitative estimate of drug-likeness (QED) is 0.764. The highest BCUT2D eigenvalue weighted by molar-refractivity contribution is 5.32. The summed E-state index contributed by atoms with van der Waals surface area (Å²) in [4.78, 5) is 0. The highest BCUT2D eigenvalue weighted by Crippen LogP contribution is 2.14. The molecule has 0 radical (unpaired) electrons. The average molecular weight is 214 g/mol. The lowest BCUT2D eigenvalue weighted by atomic mass is 10.1. The van der Waals surface area contributed by atoms with Gasteiger partial charge in [-0.05, 0) is 38.0 Å². The molecule has 0 saturated heterocycles. The van der Waals surface area contributed by atoms with Gasteiger partial charge in [0.25, 0.3) is 0 Å². The van der Waals surface area contributed by atoms with Crippen molar-refractivity contribution in [3.8, 4) is 6.07 Å². The summed E-state index contributed by atoms with van der Waals surface area (Å²) < 4.78 is 0. The van der Waals surface area contributed by atoms with Crippen LogP contribution in [0.25, 0.3) is 0 Å². The number of nitriles is 1. The van der Waals surface area contributed by atoms with Crippen molar-refractivity contribution >= 4 is 0 Å². The van der Waals surface area contributed by atoms with Gasteiger partial charge in [-0.3, -0.25) is 0 Å². The molecule has 1 rings (SSSR count). The molecule has 0 spiro atoms. The van der Waals surface area contributed by atoms with Gasteiger partial charge in [-0.2, -0.15) is 5.26 Å². The Morgan fingerprint density at radius 3 is 2.50 bits per heavy atom. The first-order chi connectivity index (χ1) is 7.67. The fourth-order valence-corrected chi connectivity index (χ4v) is 1.69. The Kier molecular flexibility index (Phi) is 4.75. The van der Waals surface area contributed by atoms with Crippen molar-refractivity contribution in [3.05, 3.63) is 48.0 Å². The predicted octanol–water partition coefficient (Wildman–Crippen LogP) is 3.17. The van der Waals surface area contributed by atoms with Crippen molar-refractivity contribution in [2.75, 3.05) is 0 Å². The lowest BCUT2D eigenvalue weighted by Gasteiger charge is -2.19. The van der Waals surface area contributed by atoms with Crippen molar-refractivity contribution in [1.29, 1.82) is 5.26 Å². The van der Waals surface area contributed by atoms with Crippen LogP contribution in [0.5, 0.6) is 0 Å². The van der Waals surface area contributed by atoms with E-state index in [9.17, 15) is 0 Å². The zero-order chi connectivity index (χ0) is 12.0. The average Bonchev–Trinajstić information content (AvgIpc) is 2.29. The molecule has 2 unspecified atom stereocenters. The Balaban J connectivity index is 2.62. The van der Waals surface area contributed by atoms with E-state index < -0.39 is 0 Å². The molecule has 2 atom stereocenters. The fraction of sp³-hybridized carbons (Fsp3) is 0.357. The molecule has 0 aliphatic heterocycles. The molecule has 0 fully saturated rings. The van der Waals surface area contributed by atoms with E-state index >= 15 is 0 Å². The standard InChI is InChI=1S/C14H18N2/c1-4-5-11(2)16-12(3)14-8-6-13(10-15)7-9-14/h4,6-9,11-12,16H,1,5H2,2-3H3. The van der Waals surface area contributed by atoms with E-state index in [1.165, 1.54) is 5.56 Å². The smallest absolute Gasteiger partial charge is 0.0991 e. The van der Waals surface area contributed by atoms with Crippen molar-refractivity contribution in [1.82, 2.24) is 5.32 Å². The van der Waals surface area contributed by atoms with Gasteiger partial charge < -0.3 is 5.32 Å². The van der Waals surface area contributed by atoms with Crippen molar-refractivity contribution in [3.63, 3.8) is 0 Å². The third kappa shape index (κ3) is 3.52. The Morgan fingerprint density at radius 1 is 1.38 bits per heavy atom. The summed E-state index contributed by atoms with van der Waals surface area (Å²) in [6, 6.07) is 10.5. The van der Waals surface area contributed by atoms with Crippen LogP contribution < -0.4 is 5.32 Å². The highest BCUT2D eigenvalue weighted by atomic mass is 14.9. The molecule has 1 aromatic rings. The van der Waals surface area contributed by atoms with E-state index in [0.29, 0.717) is 17.6 Å². The van der Waals surface area contributed by atoms with E-state index in [4.69, 9.17) is 5.26 Å². The van der Waals surface area contributed by atoms with Gasteiger partial charge in [0.15, 0.2) is 0 Å². The number of hydrogen-bond acceptors (Lipinski definition) is 2. The molecule has 1 aromatic carbocycles. The number of rotatable bonds is 5. The maximum atomic E-state index is 8.71. The lowest BCUT2D eigenvalue weighted by Crippen LogP contribution is -2.28. The topological polar surface area (TPSA) is 35.8 Å². The Hall–Kier alpha value is -1.59. The Bertz CT molecular complexity index is 373. The summed E-state index contributed by atoms with van der Waals surface area (Å²) in [5, 5.41) is 12.2. The third-order valence-electron chi connectivity index (χ3n) is 2.59. The first-order valence-electron chi connectivity index (χ1n) is 5.54. The zero-order valence-corrected chi connectivity index (χ0v) is 9.90. The predicted molar refractivity (Wildman–Crippen MR) is 67.0 cm³/mol. The van der Waals surface area contributed by atoms with Crippen LogP contribution in [0.15, 0.2) is 36.9 Å². The summed E-state index contributed by atoms with van der Waals surface area (Å²) >= 11 is 0. The summed E-state index contributed by atoms with van der Waals surface area (Å²) in [6.07, 6.45) is 2.88. The monoisotopic (exact) mass is 214 g/mol. The van der Waals surface area contributed by atoms with Crippen molar-refractivity contribution < 1.29 is 0 Å². The van der Waals surface area contributed by atoms with Crippen molar-refractivity contribution in [2.24, 2.45) is 0 Å². The fourth-order valence-electron chi connectivity index (χ4n) is 1.69. The van der Waals surface area contributed by atoms with E-state index in [2.05, 4.69) is 31.8 Å². The largest absolute Gasteiger partial charge is 0.307 e. The molecule has 2 heteroatoms. The molecular weight excluding hydrogens is 196 g/mol. The van der Waals surface area contributed by atoms with Crippen LogP contribution in [0, 0.1) is 11.3 Å². The minimum absolute atomic E-state index is 0.294. The van der Waals surface area contributed by atoms with E-state index in [-0.39, 0.29) is 0 Å². The van der Waals surface area contributed by atoms with Crippen LogP contribution in [0.4, 0.5) is 0 Å². The summed E-state index contributed by atoms with van der Waals surface area (Å²) in [6.45, 7) is 7.99. The first kappa shape index (κ1) is 12.5. The van der Waals surface area contributed by atoms with Gasteiger partial charge in [0.1, 0.15) is 0 Å². The van der Waals surface area contributed by atoms with Gasteiger partial charge in [-0.15, -0.1) is 6.58 Å². The van der Waals surface area contributed by atoms with Gasteiger partial charge in [0.2, 0.25) is 0 Å². The molecule has 0 aliphatic carbocycles. The van der Waals surface area contributed by atoms with E-state index in [1.807, 2.05) is 30.3 Å². The number of nitrogens with zero attached hydrogens (tertiary/aromatic N) is 1. The minimum Gasteiger partial charge on any atom is -0.307 e. The van der Waals surface area contributed by atoms with Crippen molar-refractivity contribution in [2.45, 2.75) is 32.4 Å². The van der Waals surface area contributed by atoms with Gasteiger partial charge in [-0.25, -0.2) is 0 Å². The van der Waals surface area contributed by atoms with Crippen LogP contribution in [0.1, 0.15) is 37.4 Å². The molecule has 0 aromatic heterocycles. The highest BCUT2D eigenvalue weighted by Gasteiger charge is 2.07. The molecule has 16 heavy (non-hydrogen) atoms. The normalized spacial score (nSPS) is 13.8. The molecular formula is C14H18N2. The molecule has 0 heterocycles. The first-order valence-corrected chi connectivity index (χ1v) is 5.54. The third-order valence-corrected chi connectivity index (χ3v) is 2.59. The number of nitrogens with one attached hydrogen (secondary N) is 1. The molecule has 0 amide bonds. The van der Waals surface area contributed by atoms with Crippen LogP contribution in [-0.2, 0) is 0 Å². The van der Waals surface area contributed by atoms with Crippen LogP contribution >= 0.6 is 0 Å². The second-order valence-electron chi connectivity index (χ2n) is 4.05. The summed E-state index contributed by atoms with van der Waals surface area (Å²) in [5.41, 5.74) is 1.91. The van der Waals surface area contributed by atoms with Crippen LogP contribution in [0.3, 0.4) is 0 Å². The molecule has 2 nitrogen and oxygen atoms in total. The second-order valence-corrected chi connectivity index (χ2v) is 4.05. The van der Waals surface area contributed by atoms with Gasteiger partial charge in [-0.1, -0.05) is 18.2 Å². The Labute approximate surface area is 97.6 Å². The second kappa shape index (κ2) is 6.09. The summed E-state index contributed by atoms with van der Waals surface area (Å²) in [5.74, 6) is 0. The van der Waals surface area contributed by atoms with Crippen LogP contribution in [-0.4, -0.2) is 6.04 Å². The van der Waals surface area contributed by atoms with Gasteiger partial charge in [0, 0.05) is 12.1 Å². The van der Waals surface area contributed by atoms with E-state index in [0.717, 1.165) is 6.42 Å². The zero-order valence-electron chi connectivity index (χ0n) is 9.90. The van der Waals surface area contributed by atoms with Crippen LogP contribution in [0.2, 0.25) is 0 Å².